The van der Waals surface area contributed by atoms with Crippen molar-refractivity contribution in [2.24, 2.45) is 5.73 Å². The summed E-state index contributed by atoms with van der Waals surface area (Å²) in [5, 5.41) is 0. The molecule has 0 radical (unpaired) electrons. The normalized spacial score (nSPS) is 10.3. The van der Waals surface area contributed by atoms with Gasteiger partial charge in [0.2, 0.25) is 0 Å². The highest BCUT2D eigenvalue weighted by atomic mass is 79.9. The van der Waals surface area contributed by atoms with Crippen LogP contribution in [0.2, 0.25) is 0 Å². The zero-order valence-electron chi connectivity index (χ0n) is 8.99. The Morgan fingerprint density at radius 2 is 1.94 bits per heavy atom. The van der Waals surface area contributed by atoms with Gasteiger partial charge in [0.1, 0.15) is 5.75 Å². The summed E-state index contributed by atoms with van der Waals surface area (Å²) >= 11 is 3.33. The average molecular weight is 296 g/mol. The molecule has 17 heavy (non-hydrogen) atoms. The van der Waals surface area contributed by atoms with Crippen LogP contribution >= 0.6 is 15.9 Å². The summed E-state index contributed by atoms with van der Waals surface area (Å²) in [7, 11) is 0. The summed E-state index contributed by atoms with van der Waals surface area (Å²) in [6, 6.07) is 11.9. The smallest absolute Gasteiger partial charge is 0.167 e. The third kappa shape index (κ3) is 2.84. The zero-order valence-corrected chi connectivity index (χ0v) is 10.6. The molecule has 2 nitrogen and oxygen atoms in total. The highest BCUT2D eigenvalue weighted by Gasteiger charge is 2.09. The molecule has 0 aliphatic heterocycles. The second-order valence-electron chi connectivity index (χ2n) is 3.49. The third-order valence-electron chi connectivity index (χ3n) is 2.28. The van der Waals surface area contributed by atoms with Crippen LogP contribution in [-0.4, -0.2) is 0 Å². The Hall–Kier alpha value is -1.39. The molecule has 0 heterocycles. The molecule has 2 aromatic rings. The van der Waals surface area contributed by atoms with Crippen LogP contribution in [0.25, 0.3) is 0 Å². The Bertz CT molecular complexity index is 531. The molecule has 2 rings (SSSR count). The fourth-order valence-electron chi connectivity index (χ4n) is 1.48. The van der Waals surface area contributed by atoms with Gasteiger partial charge in [-0.1, -0.05) is 34.1 Å². The predicted octanol–water partition coefficient (Wildman–Crippen LogP) is 3.84. The van der Waals surface area contributed by atoms with Gasteiger partial charge in [0.15, 0.2) is 11.6 Å². The predicted molar refractivity (Wildman–Crippen MR) is 68.5 cm³/mol. The number of benzene rings is 2. The van der Waals surface area contributed by atoms with Crippen molar-refractivity contribution >= 4 is 15.9 Å². The van der Waals surface area contributed by atoms with Gasteiger partial charge in [-0.25, -0.2) is 4.39 Å². The topological polar surface area (TPSA) is 35.2 Å². The fraction of sp³-hybridized carbons (Fsp3) is 0.0769. The van der Waals surface area contributed by atoms with Gasteiger partial charge in [-0.15, -0.1) is 0 Å². The molecule has 0 saturated heterocycles. The van der Waals surface area contributed by atoms with Crippen LogP contribution in [0.4, 0.5) is 4.39 Å². The highest BCUT2D eigenvalue weighted by Crippen LogP contribution is 2.29. The maximum atomic E-state index is 13.6. The summed E-state index contributed by atoms with van der Waals surface area (Å²) in [6.45, 7) is 0.237. The van der Waals surface area contributed by atoms with Crippen LogP contribution in [0.1, 0.15) is 5.56 Å². The molecule has 0 unspecified atom stereocenters. The van der Waals surface area contributed by atoms with E-state index in [1.807, 2.05) is 12.1 Å². The fourth-order valence-corrected chi connectivity index (χ4v) is 1.86. The van der Waals surface area contributed by atoms with Crippen molar-refractivity contribution in [3.05, 3.63) is 58.3 Å². The maximum absolute atomic E-state index is 13.6. The highest BCUT2D eigenvalue weighted by molar-refractivity contribution is 9.10. The van der Waals surface area contributed by atoms with E-state index in [1.54, 1.807) is 24.3 Å². The number of halogens is 2. The van der Waals surface area contributed by atoms with Gasteiger partial charge < -0.3 is 10.5 Å². The third-order valence-corrected chi connectivity index (χ3v) is 2.78. The zero-order chi connectivity index (χ0) is 12.3. The molecule has 0 aliphatic rings. The lowest BCUT2D eigenvalue weighted by Gasteiger charge is -2.10. The second kappa shape index (κ2) is 5.29. The average Bonchev–Trinajstić information content (AvgIpc) is 2.32. The van der Waals surface area contributed by atoms with Crippen molar-refractivity contribution in [3.8, 4) is 11.5 Å². The Morgan fingerprint density at radius 1 is 1.18 bits per heavy atom. The molecule has 0 spiro atoms. The van der Waals surface area contributed by atoms with Gasteiger partial charge >= 0.3 is 0 Å². The Balaban J connectivity index is 2.35. The SMILES string of the molecule is NCc1cccc(F)c1Oc1cccc(Br)c1. The van der Waals surface area contributed by atoms with Crippen LogP contribution in [0, 0.1) is 5.82 Å². The van der Waals surface area contributed by atoms with Crippen molar-refractivity contribution in [2.75, 3.05) is 0 Å². The standard InChI is InChI=1S/C13H11BrFNO/c14-10-4-2-5-11(7-10)17-13-9(8-16)3-1-6-12(13)15/h1-7H,8,16H2. The quantitative estimate of drug-likeness (QED) is 0.934. The number of hydrogen-bond acceptors (Lipinski definition) is 2. The molecular formula is C13H11BrFNO. The first-order valence-electron chi connectivity index (χ1n) is 5.11. The van der Waals surface area contributed by atoms with E-state index in [0.717, 1.165) is 4.47 Å². The van der Waals surface area contributed by atoms with Crippen LogP contribution in [0.15, 0.2) is 46.9 Å². The van der Waals surface area contributed by atoms with Crippen LogP contribution < -0.4 is 10.5 Å². The molecule has 0 atom stereocenters. The first-order valence-corrected chi connectivity index (χ1v) is 5.91. The van der Waals surface area contributed by atoms with Gasteiger partial charge in [-0.3, -0.25) is 0 Å². The summed E-state index contributed by atoms with van der Waals surface area (Å²) in [5.74, 6) is 0.347. The van der Waals surface area contributed by atoms with Crippen LogP contribution in [0.3, 0.4) is 0 Å². The molecule has 0 bridgehead atoms. The number of hydrogen-bond donors (Lipinski definition) is 1. The number of para-hydroxylation sites is 1. The van der Waals surface area contributed by atoms with Gasteiger partial charge in [-0.2, -0.15) is 0 Å². The lowest BCUT2D eigenvalue weighted by molar-refractivity contribution is 0.436. The summed E-state index contributed by atoms with van der Waals surface area (Å²) < 4.78 is 20.0. The molecule has 4 heteroatoms. The maximum Gasteiger partial charge on any atom is 0.167 e. The second-order valence-corrected chi connectivity index (χ2v) is 4.41. The monoisotopic (exact) mass is 295 g/mol. The van der Waals surface area contributed by atoms with Crippen LogP contribution in [-0.2, 0) is 6.54 Å². The number of nitrogens with two attached hydrogens (primary N) is 1. The minimum Gasteiger partial charge on any atom is -0.454 e. The van der Waals surface area contributed by atoms with Crippen molar-refractivity contribution in [2.45, 2.75) is 6.54 Å². The van der Waals surface area contributed by atoms with E-state index in [4.69, 9.17) is 10.5 Å². The molecule has 0 fully saturated rings. The Kier molecular flexibility index (Phi) is 3.76. The van der Waals surface area contributed by atoms with Crippen molar-refractivity contribution in [1.29, 1.82) is 0 Å². The molecule has 88 valence electrons. The first-order chi connectivity index (χ1) is 8.20. The molecule has 0 saturated carbocycles. The van der Waals surface area contributed by atoms with Gasteiger partial charge in [0, 0.05) is 16.6 Å². The van der Waals surface area contributed by atoms with E-state index in [1.165, 1.54) is 6.07 Å². The number of ether oxygens (including phenoxy) is 1. The lowest BCUT2D eigenvalue weighted by atomic mass is 10.2. The molecular weight excluding hydrogens is 285 g/mol. The van der Waals surface area contributed by atoms with Crippen molar-refractivity contribution < 1.29 is 9.13 Å². The van der Waals surface area contributed by atoms with E-state index in [-0.39, 0.29) is 12.3 Å². The van der Waals surface area contributed by atoms with Crippen LogP contribution in [0.5, 0.6) is 11.5 Å². The molecule has 0 aromatic heterocycles. The van der Waals surface area contributed by atoms with E-state index < -0.39 is 5.82 Å². The van der Waals surface area contributed by atoms with E-state index >= 15 is 0 Å². The largest absolute Gasteiger partial charge is 0.454 e. The lowest BCUT2D eigenvalue weighted by Crippen LogP contribution is -2.01. The minimum atomic E-state index is -0.409. The van der Waals surface area contributed by atoms with E-state index in [0.29, 0.717) is 11.3 Å². The summed E-state index contributed by atoms with van der Waals surface area (Å²) in [6.07, 6.45) is 0. The summed E-state index contributed by atoms with van der Waals surface area (Å²) in [5.41, 5.74) is 6.19. The molecule has 2 aromatic carbocycles. The van der Waals surface area contributed by atoms with E-state index in [2.05, 4.69) is 15.9 Å². The number of rotatable bonds is 3. The van der Waals surface area contributed by atoms with Crippen molar-refractivity contribution in [1.82, 2.24) is 0 Å². The van der Waals surface area contributed by atoms with E-state index in [9.17, 15) is 4.39 Å². The molecule has 2 N–H and O–H groups in total. The Labute approximate surface area is 107 Å². The summed E-state index contributed by atoms with van der Waals surface area (Å²) in [4.78, 5) is 0. The van der Waals surface area contributed by atoms with Gasteiger partial charge in [0.25, 0.3) is 0 Å². The molecule has 0 amide bonds. The Morgan fingerprint density at radius 3 is 2.65 bits per heavy atom. The minimum absolute atomic E-state index is 0.188. The first kappa shape index (κ1) is 12.1. The molecule has 0 aliphatic carbocycles. The van der Waals surface area contributed by atoms with Gasteiger partial charge in [-0.05, 0) is 24.3 Å². The van der Waals surface area contributed by atoms with Gasteiger partial charge in [0.05, 0.1) is 0 Å². The van der Waals surface area contributed by atoms with Crippen molar-refractivity contribution in [3.63, 3.8) is 0 Å².